The van der Waals surface area contributed by atoms with Crippen LogP contribution in [0.15, 0.2) is 42.6 Å². The molecule has 0 bridgehead atoms. The molecule has 23 heavy (non-hydrogen) atoms. The molecule has 5 heteroatoms. The molecule has 122 valence electrons. The monoisotopic (exact) mass is 333 g/mol. The molecule has 4 nitrogen and oxygen atoms in total. The van der Waals surface area contributed by atoms with Gasteiger partial charge in [0.05, 0.1) is 13.3 Å². The zero-order valence-corrected chi connectivity index (χ0v) is 13.8. The molecule has 0 aliphatic carbocycles. The number of carbonyl (C=O) groups is 1. The third kappa shape index (κ3) is 5.66. The van der Waals surface area contributed by atoms with Gasteiger partial charge in [0.2, 0.25) is 0 Å². The lowest BCUT2D eigenvalue weighted by molar-refractivity contribution is -0.119. The highest BCUT2D eigenvalue weighted by molar-refractivity contribution is 6.30. The van der Waals surface area contributed by atoms with Gasteiger partial charge in [-0.3, -0.25) is 9.78 Å². The van der Waals surface area contributed by atoms with Gasteiger partial charge in [0.25, 0.3) is 0 Å². The first-order chi connectivity index (χ1) is 11.1. The predicted octanol–water partition coefficient (Wildman–Crippen LogP) is 3.10. The number of carbonyl (C=O) groups excluding carboxylic acids is 1. The first-order valence-electron chi connectivity index (χ1n) is 7.46. The van der Waals surface area contributed by atoms with E-state index in [0.29, 0.717) is 30.0 Å². The van der Waals surface area contributed by atoms with Crippen molar-refractivity contribution >= 4 is 17.4 Å². The number of ether oxygens (including phenoxy) is 1. The fourth-order valence-electron chi connectivity index (χ4n) is 2.37. The maximum absolute atomic E-state index is 12.2. The van der Waals surface area contributed by atoms with Gasteiger partial charge < -0.3 is 9.84 Å². The molecule has 2 aromatic rings. The Kier molecular flexibility index (Phi) is 6.56. The number of pyridine rings is 1. The molecule has 0 aliphatic rings. The highest BCUT2D eigenvalue weighted by Crippen LogP contribution is 2.16. The Morgan fingerprint density at radius 3 is 2.57 bits per heavy atom. The van der Waals surface area contributed by atoms with E-state index < -0.39 is 0 Å². The number of ketones is 1. The first-order valence-corrected chi connectivity index (χ1v) is 7.84. The quantitative estimate of drug-likeness (QED) is 0.806. The van der Waals surface area contributed by atoms with Crippen LogP contribution >= 0.6 is 11.6 Å². The van der Waals surface area contributed by atoms with Crippen LogP contribution in [-0.2, 0) is 17.6 Å². The van der Waals surface area contributed by atoms with Crippen molar-refractivity contribution in [2.45, 2.75) is 19.3 Å². The van der Waals surface area contributed by atoms with Gasteiger partial charge >= 0.3 is 0 Å². The van der Waals surface area contributed by atoms with Crippen LogP contribution in [0.25, 0.3) is 0 Å². The molecule has 1 unspecified atom stereocenters. The molecular formula is C18H20ClNO3. The fourth-order valence-corrected chi connectivity index (χ4v) is 2.50. The van der Waals surface area contributed by atoms with Gasteiger partial charge in [-0.05, 0) is 42.2 Å². The van der Waals surface area contributed by atoms with Crippen molar-refractivity contribution in [3.05, 3.63) is 58.9 Å². The Hall–Kier alpha value is -1.91. The number of aliphatic hydroxyl groups is 1. The molecule has 1 N–H and O–H groups in total. The van der Waals surface area contributed by atoms with Gasteiger partial charge in [-0.15, -0.1) is 0 Å². The molecule has 0 spiro atoms. The van der Waals surface area contributed by atoms with E-state index in [1.54, 1.807) is 25.4 Å². The molecular weight excluding hydrogens is 314 g/mol. The van der Waals surface area contributed by atoms with E-state index >= 15 is 0 Å². The van der Waals surface area contributed by atoms with Gasteiger partial charge in [-0.2, -0.15) is 0 Å². The van der Waals surface area contributed by atoms with Crippen molar-refractivity contribution in [3.8, 4) is 5.75 Å². The van der Waals surface area contributed by atoms with Crippen LogP contribution < -0.4 is 4.74 Å². The fraction of sp³-hybridized carbons (Fsp3) is 0.333. The van der Waals surface area contributed by atoms with E-state index in [1.165, 1.54) is 0 Å². The lowest BCUT2D eigenvalue weighted by Gasteiger charge is -2.13. The summed E-state index contributed by atoms with van der Waals surface area (Å²) in [5, 5.41) is 10.2. The number of methoxy groups -OCH3 is 1. The van der Waals surface area contributed by atoms with Gasteiger partial charge in [0.15, 0.2) is 0 Å². The summed E-state index contributed by atoms with van der Waals surface area (Å²) in [6.07, 6.45) is 2.88. The number of hydrogen-bond donors (Lipinski definition) is 1. The number of Topliss-reactive ketones (excluding diaryl/α,β-unsaturated/α-hetero) is 1. The molecule has 1 atom stereocenters. The summed E-state index contributed by atoms with van der Waals surface area (Å²) < 4.78 is 5.06. The van der Waals surface area contributed by atoms with Gasteiger partial charge in [0.1, 0.15) is 11.5 Å². The lowest BCUT2D eigenvalue weighted by atomic mass is 9.95. The highest BCUT2D eigenvalue weighted by atomic mass is 35.5. The Morgan fingerprint density at radius 2 is 2.00 bits per heavy atom. The Balaban J connectivity index is 1.89. The molecule has 0 amide bonds. The number of benzene rings is 1. The number of hydrogen-bond acceptors (Lipinski definition) is 4. The van der Waals surface area contributed by atoms with Crippen LogP contribution in [0.2, 0.25) is 5.02 Å². The molecule has 0 aliphatic heterocycles. The van der Waals surface area contributed by atoms with E-state index in [-0.39, 0.29) is 18.3 Å². The molecule has 1 aromatic carbocycles. The third-order valence-electron chi connectivity index (χ3n) is 3.62. The number of halogens is 1. The topological polar surface area (TPSA) is 59.4 Å². The summed E-state index contributed by atoms with van der Waals surface area (Å²) in [6.45, 7) is -0.0416. The van der Waals surface area contributed by atoms with Crippen molar-refractivity contribution in [1.29, 1.82) is 0 Å². The summed E-state index contributed by atoms with van der Waals surface area (Å²) in [7, 11) is 1.59. The summed E-state index contributed by atoms with van der Waals surface area (Å²) in [6, 6.07) is 10.9. The van der Waals surface area contributed by atoms with Crippen LogP contribution in [0.5, 0.6) is 5.75 Å². The molecule has 0 saturated heterocycles. The Bertz CT molecular complexity index is 626. The zero-order chi connectivity index (χ0) is 16.7. The summed E-state index contributed by atoms with van der Waals surface area (Å²) >= 11 is 5.83. The minimum absolute atomic E-state index is 0.0416. The van der Waals surface area contributed by atoms with Gasteiger partial charge in [-0.1, -0.05) is 23.7 Å². The minimum atomic E-state index is -0.129. The number of aliphatic hydroxyl groups excluding tert-OH is 1. The largest absolute Gasteiger partial charge is 0.495 e. The van der Waals surface area contributed by atoms with Crippen molar-refractivity contribution in [3.63, 3.8) is 0 Å². The lowest BCUT2D eigenvalue weighted by Crippen LogP contribution is -2.17. The molecule has 1 aromatic heterocycles. The highest BCUT2D eigenvalue weighted by Gasteiger charge is 2.15. The third-order valence-corrected chi connectivity index (χ3v) is 3.87. The molecule has 0 saturated carbocycles. The summed E-state index contributed by atoms with van der Waals surface area (Å²) in [4.78, 5) is 16.4. The van der Waals surface area contributed by atoms with Gasteiger partial charge in [0, 0.05) is 30.2 Å². The van der Waals surface area contributed by atoms with Crippen molar-refractivity contribution in [1.82, 2.24) is 4.98 Å². The SMILES string of the molecule is COc1ccc(CC(CO)CC(=O)Cc2ccc(Cl)cc2)nc1. The molecule has 2 rings (SSSR count). The second-order valence-corrected chi connectivity index (χ2v) is 5.92. The Morgan fingerprint density at radius 1 is 1.26 bits per heavy atom. The zero-order valence-electron chi connectivity index (χ0n) is 13.0. The molecule has 0 fully saturated rings. The van der Waals surface area contributed by atoms with Crippen LogP contribution in [0.3, 0.4) is 0 Å². The van der Waals surface area contributed by atoms with E-state index in [0.717, 1.165) is 11.3 Å². The van der Waals surface area contributed by atoms with Gasteiger partial charge in [-0.25, -0.2) is 0 Å². The van der Waals surface area contributed by atoms with Crippen LogP contribution in [-0.4, -0.2) is 29.6 Å². The van der Waals surface area contributed by atoms with E-state index in [2.05, 4.69) is 4.98 Å². The average molecular weight is 334 g/mol. The van der Waals surface area contributed by atoms with Crippen molar-refractivity contribution in [2.75, 3.05) is 13.7 Å². The standard InChI is InChI=1S/C18H20ClNO3/c1-23-18-7-6-16(20-11-18)8-14(12-21)10-17(22)9-13-2-4-15(19)5-3-13/h2-7,11,14,21H,8-10,12H2,1H3. The maximum Gasteiger partial charge on any atom is 0.137 e. The van der Waals surface area contributed by atoms with E-state index in [4.69, 9.17) is 16.3 Å². The molecule has 1 heterocycles. The van der Waals surface area contributed by atoms with Crippen molar-refractivity contribution in [2.24, 2.45) is 5.92 Å². The van der Waals surface area contributed by atoms with E-state index in [1.807, 2.05) is 24.3 Å². The smallest absolute Gasteiger partial charge is 0.137 e. The van der Waals surface area contributed by atoms with Crippen molar-refractivity contribution < 1.29 is 14.6 Å². The number of nitrogens with zero attached hydrogens (tertiary/aromatic N) is 1. The average Bonchev–Trinajstić information content (AvgIpc) is 2.57. The second kappa shape index (κ2) is 8.65. The Labute approximate surface area is 141 Å². The van der Waals surface area contributed by atoms with Crippen LogP contribution in [0, 0.1) is 5.92 Å². The van der Waals surface area contributed by atoms with E-state index in [9.17, 15) is 9.90 Å². The van der Waals surface area contributed by atoms with Crippen LogP contribution in [0.4, 0.5) is 0 Å². The minimum Gasteiger partial charge on any atom is -0.495 e. The van der Waals surface area contributed by atoms with Crippen LogP contribution in [0.1, 0.15) is 17.7 Å². The first kappa shape index (κ1) is 17.4. The normalized spacial score (nSPS) is 12.0. The number of aromatic nitrogens is 1. The molecule has 0 radical (unpaired) electrons. The second-order valence-electron chi connectivity index (χ2n) is 5.49. The summed E-state index contributed by atoms with van der Waals surface area (Å²) in [5.74, 6) is 0.656. The summed E-state index contributed by atoms with van der Waals surface area (Å²) in [5.41, 5.74) is 1.77. The predicted molar refractivity (Wildman–Crippen MR) is 89.8 cm³/mol. The number of rotatable bonds is 8. The maximum atomic E-state index is 12.2.